The zero-order valence-corrected chi connectivity index (χ0v) is 18.5. The number of para-hydroxylation sites is 3. The Morgan fingerprint density at radius 2 is 1.57 bits per heavy atom. The van der Waals surface area contributed by atoms with E-state index in [9.17, 15) is 0 Å². The van der Waals surface area contributed by atoms with Gasteiger partial charge in [0.05, 0.1) is 64.7 Å². The fourth-order valence-electron chi connectivity index (χ4n) is 5.16. The topological polar surface area (TPSA) is 30.6 Å². The lowest BCUT2D eigenvalue weighted by atomic mass is 10.0. The molecule has 162 valence electrons. The van der Waals surface area contributed by atoms with E-state index in [1.54, 1.807) is 16.9 Å². The highest BCUT2D eigenvalue weighted by atomic mass is 16.5. The molecule has 5 heteroatoms. The summed E-state index contributed by atoms with van der Waals surface area (Å²) in [6.07, 6.45) is 2.66. The molecule has 0 saturated carbocycles. The molecule has 0 bridgehead atoms. The van der Waals surface area contributed by atoms with Gasteiger partial charge >= 0.3 is 0 Å². The summed E-state index contributed by atoms with van der Waals surface area (Å²) in [5, 5.41) is 0. The van der Waals surface area contributed by atoms with Crippen LogP contribution >= 0.6 is 0 Å². The third-order valence-corrected chi connectivity index (χ3v) is 6.81. The number of anilines is 1. The maximum absolute atomic E-state index is 5.83. The monoisotopic (exact) mass is 411 g/mol. The number of rotatable bonds is 7. The van der Waals surface area contributed by atoms with Crippen molar-refractivity contribution in [1.82, 2.24) is 0 Å². The molecule has 2 aliphatic heterocycles. The van der Waals surface area contributed by atoms with Crippen molar-refractivity contribution < 1.29 is 19.3 Å². The summed E-state index contributed by atoms with van der Waals surface area (Å²) in [6, 6.07) is 17.8. The highest BCUT2D eigenvalue weighted by molar-refractivity contribution is 5.58. The molecule has 0 radical (unpaired) electrons. The van der Waals surface area contributed by atoms with Crippen molar-refractivity contribution in [1.29, 1.82) is 0 Å². The summed E-state index contributed by atoms with van der Waals surface area (Å²) in [6.45, 7) is 11.1. The molecule has 0 amide bonds. The van der Waals surface area contributed by atoms with Gasteiger partial charge in [-0.3, -0.25) is 0 Å². The van der Waals surface area contributed by atoms with Crippen LogP contribution in [0.5, 0.6) is 11.5 Å². The van der Waals surface area contributed by atoms with E-state index in [0.29, 0.717) is 0 Å². The molecule has 2 heterocycles. The molecule has 4 rings (SSSR count). The van der Waals surface area contributed by atoms with Crippen LogP contribution < -0.4 is 24.2 Å². The second kappa shape index (κ2) is 10.2. The van der Waals surface area contributed by atoms with Gasteiger partial charge in [-0.25, -0.2) is 0 Å². The average molecular weight is 412 g/mol. The van der Waals surface area contributed by atoms with Gasteiger partial charge in [-0.15, -0.1) is 0 Å². The van der Waals surface area contributed by atoms with Gasteiger partial charge in [0.15, 0.2) is 0 Å². The van der Waals surface area contributed by atoms with Crippen LogP contribution in [0.3, 0.4) is 0 Å². The van der Waals surface area contributed by atoms with Crippen LogP contribution in [0.2, 0.25) is 0 Å². The zero-order chi connectivity index (χ0) is 20.8. The lowest BCUT2D eigenvalue weighted by Gasteiger charge is -2.40. The van der Waals surface area contributed by atoms with Gasteiger partial charge < -0.3 is 24.2 Å². The smallest absolute Gasteiger partial charge is 0.142 e. The van der Waals surface area contributed by atoms with E-state index < -0.39 is 0 Å². The van der Waals surface area contributed by atoms with Crippen LogP contribution in [0.15, 0.2) is 48.5 Å². The maximum Gasteiger partial charge on any atom is 0.142 e. The number of nitrogens with zero attached hydrogens (tertiary/aromatic N) is 1. The molecule has 2 saturated heterocycles. The number of hydrogen-bond acceptors (Lipinski definition) is 3. The normalized spacial score (nSPS) is 22.7. The molecule has 2 aromatic rings. The number of hydrogen-bond donors (Lipinski definition) is 2. The molecular formula is C25H37N3O2+2. The second-order valence-corrected chi connectivity index (χ2v) is 8.56. The molecule has 5 nitrogen and oxygen atoms in total. The summed E-state index contributed by atoms with van der Waals surface area (Å²) in [7, 11) is 1.77. The van der Waals surface area contributed by atoms with Crippen LogP contribution in [-0.4, -0.2) is 59.0 Å². The van der Waals surface area contributed by atoms with E-state index in [1.165, 1.54) is 50.3 Å². The molecule has 2 aliphatic rings. The van der Waals surface area contributed by atoms with E-state index in [4.69, 9.17) is 9.47 Å². The van der Waals surface area contributed by atoms with Crippen LogP contribution in [0.25, 0.3) is 0 Å². The Bertz CT molecular complexity index is 796. The maximum atomic E-state index is 5.83. The van der Waals surface area contributed by atoms with E-state index in [-0.39, 0.29) is 0 Å². The number of likely N-dealkylation sites (tertiary alicyclic amines) is 1. The predicted molar refractivity (Wildman–Crippen MR) is 121 cm³/mol. The molecule has 30 heavy (non-hydrogen) atoms. The van der Waals surface area contributed by atoms with Gasteiger partial charge in [0.25, 0.3) is 0 Å². The molecule has 0 atom stereocenters. The van der Waals surface area contributed by atoms with E-state index >= 15 is 0 Å². The first-order valence-corrected chi connectivity index (χ1v) is 11.5. The molecule has 2 aromatic carbocycles. The summed E-state index contributed by atoms with van der Waals surface area (Å²) in [4.78, 5) is 5.99. The van der Waals surface area contributed by atoms with Crippen LogP contribution in [0, 0.1) is 0 Å². The van der Waals surface area contributed by atoms with Crippen molar-refractivity contribution in [3.63, 3.8) is 0 Å². The molecule has 0 unspecified atom stereocenters. The molecule has 2 fully saturated rings. The van der Waals surface area contributed by atoms with Crippen LogP contribution in [0.4, 0.5) is 5.69 Å². The summed E-state index contributed by atoms with van der Waals surface area (Å²) < 4.78 is 11.4. The van der Waals surface area contributed by atoms with Crippen molar-refractivity contribution in [2.24, 2.45) is 0 Å². The summed E-state index contributed by atoms with van der Waals surface area (Å²) in [5.41, 5.74) is 2.59. The van der Waals surface area contributed by atoms with Gasteiger partial charge in [-0.2, -0.15) is 0 Å². The van der Waals surface area contributed by atoms with Gasteiger partial charge in [-0.05, 0) is 31.2 Å². The Balaban J connectivity index is 1.26. The second-order valence-electron chi connectivity index (χ2n) is 8.56. The lowest BCUT2D eigenvalue weighted by Crippen LogP contribution is -3.21. The third kappa shape index (κ3) is 4.90. The number of benzene rings is 2. The molecule has 0 aromatic heterocycles. The molecular weight excluding hydrogens is 374 g/mol. The largest absolute Gasteiger partial charge is 0.495 e. The van der Waals surface area contributed by atoms with Crippen LogP contribution in [-0.2, 0) is 6.54 Å². The summed E-state index contributed by atoms with van der Waals surface area (Å²) in [5.74, 6) is 2.05. The predicted octanol–water partition coefficient (Wildman–Crippen LogP) is 1.05. The average Bonchev–Trinajstić information content (AvgIpc) is 2.81. The van der Waals surface area contributed by atoms with Crippen molar-refractivity contribution in [3.05, 3.63) is 54.1 Å². The van der Waals surface area contributed by atoms with Crippen molar-refractivity contribution in [2.75, 3.05) is 57.9 Å². The lowest BCUT2D eigenvalue weighted by molar-refractivity contribution is -0.963. The molecule has 0 spiro atoms. The Hall–Kier alpha value is -2.24. The highest BCUT2D eigenvalue weighted by Gasteiger charge is 2.33. The summed E-state index contributed by atoms with van der Waals surface area (Å²) >= 11 is 0. The molecule has 0 aliphatic carbocycles. The van der Waals surface area contributed by atoms with Gasteiger partial charge in [0.2, 0.25) is 0 Å². The van der Waals surface area contributed by atoms with Crippen molar-refractivity contribution >= 4 is 5.69 Å². The van der Waals surface area contributed by atoms with Gasteiger partial charge in [-0.1, -0.05) is 24.3 Å². The minimum absolute atomic E-state index is 0.735. The zero-order valence-electron chi connectivity index (χ0n) is 18.5. The Kier molecular flexibility index (Phi) is 7.13. The number of piperidine rings is 1. The number of piperazine rings is 1. The van der Waals surface area contributed by atoms with E-state index in [2.05, 4.69) is 54.3 Å². The number of methoxy groups -OCH3 is 1. The third-order valence-electron chi connectivity index (χ3n) is 6.81. The first-order chi connectivity index (χ1) is 14.8. The van der Waals surface area contributed by atoms with Crippen molar-refractivity contribution in [3.8, 4) is 11.5 Å². The fraction of sp³-hybridized carbons (Fsp3) is 0.520. The van der Waals surface area contributed by atoms with Crippen LogP contribution in [0.1, 0.15) is 25.3 Å². The minimum Gasteiger partial charge on any atom is -0.495 e. The minimum atomic E-state index is 0.735. The number of nitrogens with one attached hydrogen (secondary N) is 2. The Morgan fingerprint density at radius 3 is 2.27 bits per heavy atom. The quantitative estimate of drug-likeness (QED) is 0.714. The van der Waals surface area contributed by atoms with Gasteiger partial charge in [0, 0.05) is 18.4 Å². The van der Waals surface area contributed by atoms with Gasteiger partial charge in [0.1, 0.15) is 18.0 Å². The molecule has 2 N–H and O–H groups in total. The SMILES string of the molecule is CCOc1ccccc1C[NH+]1CCC([NH+]2CCN(c3ccccc3OC)CC2)CC1. The number of ether oxygens (including phenoxy) is 2. The van der Waals surface area contributed by atoms with Crippen molar-refractivity contribution in [2.45, 2.75) is 32.4 Å². The fourth-order valence-corrected chi connectivity index (χ4v) is 5.16. The first kappa shape index (κ1) is 21.0. The Morgan fingerprint density at radius 1 is 0.900 bits per heavy atom. The first-order valence-electron chi connectivity index (χ1n) is 11.5. The van der Waals surface area contributed by atoms with E-state index in [0.717, 1.165) is 43.8 Å². The Labute approximate surface area is 181 Å². The van der Waals surface area contributed by atoms with E-state index in [1.807, 2.05) is 6.07 Å². The highest BCUT2D eigenvalue weighted by Crippen LogP contribution is 2.27. The number of quaternary nitrogens is 2. The standard InChI is InChI=1S/C25H35N3O2/c1-3-30-24-10-6-4-8-21(24)20-26-14-12-22(13-15-26)27-16-18-28(19-17-27)23-9-5-7-11-25(23)29-2/h4-11,22H,3,12-20H2,1-2H3/p+2.